The van der Waals surface area contributed by atoms with Gasteiger partial charge in [0.1, 0.15) is 11.8 Å². The second kappa shape index (κ2) is 6.22. The molecule has 120 valence electrons. The highest BCUT2D eigenvalue weighted by atomic mass is 16.6. The SMILES string of the molecule is O=[N+]([O-])c1ccc(N[C@@H]2C[C@H](CO)[C@@H](O)[C@H]2O)c([N+](=O)[O-])c1. The van der Waals surface area contributed by atoms with E-state index in [0.717, 1.165) is 12.1 Å². The minimum atomic E-state index is -1.20. The fourth-order valence-corrected chi connectivity index (χ4v) is 2.56. The molecule has 0 aromatic heterocycles. The average Bonchev–Trinajstić information content (AvgIpc) is 2.75. The predicted molar refractivity (Wildman–Crippen MR) is 74.4 cm³/mol. The van der Waals surface area contributed by atoms with E-state index in [-0.39, 0.29) is 18.7 Å². The smallest absolute Gasteiger partial charge is 0.299 e. The number of non-ortho nitro benzene ring substituents is 1. The number of aliphatic hydroxyl groups is 3. The molecule has 4 N–H and O–H groups in total. The van der Waals surface area contributed by atoms with Gasteiger partial charge in [-0.1, -0.05) is 0 Å². The standard InChI is InChI=1S/C12H15N3O7/c16-5-6-3-9(12(18)11(6)17)13-8-2-1-7(14(19)20)4-10(8)15(21)22/h1-2,4,6,9,11-13,16-18H,3,5H2/t6-,9-,11-,12+/m1/s1. The van der Waals surface area contributed by atoms with Crippen molar-refractivity contribution < 1.29 is 25.2 Å². The molecule has 10 heteroatoms. The van der Waals surface area contributed by atoms with Crippen LogP contribution in [0.4, 0.5) is 17.1 Å². The van der Waals surface area contributed by atoms with E-state index in [4.69, 9.17) is 5.11 Å². The quantitative estimate of drug-likeness (QED) is 0.437. The van der Waals surface area contributed by atoms with Gasteiger partial charge in [0, 0.05) is 18.6 Å². The summed E-state index contributed by atoms with van der Waals surface area (Å²) < 4.78 is 0. The van der Waals surface area contributed by atoms with Crippen molar-refractivity contribution in [2.75, 3.05) is 11.9 Å². The van der Waals surface area contributed by atoms with Gasteiger partial charge < -0.3 is 20.6 Å². The summed E-state index contributed by atoms with van der Waals surface area (Å²) in [5.41, 5.74) is -0.911. The molecule has 0 radical (unpaired) electrons. The average molecular weight is 313 g/mol. The number of nitro groups is 2. The van der Waals surface area contributed by atoms with Gasteiger partial charge in [-0.2, -0.15) is 0 Å². The van der Waals surface area contributed by atoms with Crippen LogP contribution in [0.25, 0.3) is 0 Å². The number of aliphatic hydroxyl groups excluding tert-OH is 3. The van der Waals surface area contributed by atoms with Gasteiger partial charge in [0.25, 0.3) is 11.4 Å². The summed E-state index contributed by atoms with van der Waals surface area (Å²) in [6.45, 7) is -0.321. The second-order valence-corrected chi connectivity index (χ2v) is 5.13. The molecular formula is C12H15N3O7. The molecule has 0 heterocycles. The lowest BCUT2D eigenvalue weighted by Gasteiger charge is -2.19. The maximum atomic E-state index is 11.0. The lowest BCUT2D eigenvalue weighted by molar-refractivity contribution is -0.393. The van der Waals surface area contributed by atoms with Crippen molar-refractivity contribution in [3.63, 3.8) is 0 Å². The maximum Gasteiger partial charge on any atom is 0.299 e. The van der Waals surface area contributed by atoms with Gasteiger partial charge in [-0.05, 0) is 12.5 Å². The topological polar surface area (TPSA) is 159 Å². The molecule has 4 atom stereocenters. The molecule has 10 nitrogen and oxygen atoms in total. The number of benzene rings is 1. The number of nitrogens with one attached hydrogen (secondary N) is 1. The fraction of sp³-hybridized carbons (Fsp3) is 0.500. The fourth-order valence-electron chi connectivity index (χ4n) is 2.56. The van der Waals surface area contributed by atoms with Crippen LogP contribution in [0.3, 0.4) is 0 Å². The zero-order chi connectivity index (χ0) is 16.4. The Hall–Kier alpha value is -2.30. The third-order valence-corrected chi connectivity index (χ3v) is 3.77. The molecule has 1 aromatic carbocycles. The molecule has 0 spiro atoms. The third-order valence-electron chi connectivity index (χ3n) is 3.77. The largest absolute Gasteiger partial charge is 0.396 e. The Kier molecular flexibility index (Phi) is 4.54. The highest BCUT2D eigenvalue weighted by Gasteiger charge is 2.41. The van der Waals surface area contributed by atoms with E-state index >= 15 is 0 Å². The molecular weight excluding hydrogens is 298 g/mol. The van der Waals surface area contributed by atoms with Crippen molar-refractivity contribution in [1.82, 2.24) is 0 Å². The highest BCUT2D eigenvalue weighted by Crippen LogP contribution is 2.34. The summed E-state index contributed by atoms with van der Waals surface area (Å²) in [4.78, 5) is 20.2. The Morgan fingerprint density at radius 2 is 1.86 bits per heavy atom. The first-order valence-corrected chi connectivity index (χ1v) is 6.51. The van der Waals surface area contributed by atoms with Crippen molar-refractivity contribution in [2.24, 2.45) is 5.92 Å². The van der Waals surface area contributed by atoms with Crippen molar-refractivity contribution in [3.05, 3.63) is 38.4 Å². The van der Waals surface area contributed by atoms with Crippen LogP contribution in [0.2, 0.25) is 0 Å². The molecule has 1 aliphatic rings. The first-order valence-electron chi connectivity index (χ1n) is 6.51. The molecule has 0 bridgehead atoms. The van der Waals surface area contributed by atoms with Gasteiger partial charge in [-0.15, -0.1) is 0 Å². The number of anilines is 1. The van der Waals surface area contributed by atoms with Crippen molar-refractivity contribution in [2.45, 2.75) is 24.7 Å². The normalized spacial score (nSPS) is 27.6. The first kappa shape index (κ1) is 16.1. The summed E-state index contributed by atoms with van der Waals surface area (Å²) in [5, 5.41) is 53.1. The highest BCUT2D eigenvalue weighted by molar-refractivity contribution is 5.65. The predicted octanol–water partition coefficient (Wildman–Crippen LogP) is 0.0175. The molecule has 1 saturated carbocycles. The van der Waals surface area contributed by atoms with Crippen LogP contribution in [-0.4, -0.2) is 50.0 Å². The van der Waals surface area contributed by atoms with E-state index in [2.05, 4.69) is 5.32 Å². The second-order valence-electron chi connectivity index (χ2n) is 5.13. The Morgan fingerprint density at radius 1 is 1.18 bits per heavy atom. The van der Waals surface area contributed by atoms with Crippen molar-refractivity contribution >= 4 is 17.1 Å². The number of nitro benzene ring substituents is 2. The lowest BCUT2D eigenvalue weighted by atomic mass is 10.1. The Labute approximate surface area is 124 Å². The van der Waals surface area contributed by atoms with Crippen LogP contribution in [0.1, 0.15) is 6.42 Å². The zero-order valence-electron chi connectivity index (χ0n) is 11.3. The summed E-state index contributed by atoms with van der Waals surface area (Å²) in [5.74, 6) is -0.537. The van der Waals surface area contributed by atoms with Crippen LogP contribution in [-0.2, 0) is 0 Å². The molecule has 0 saturated heterocycles. The molecule has 1 aliphatic carbocycles. The molecule has 1 aromatic rings. The molecule has 0 unspecified atom stereocenters. The van der Waals surface area contributed by atoms with Gasteiger partial charge in [0.15, 0.2) is 0 Å². The Bertz CT molecular complexity index is 594. The van der Waals surface area contributed by atoms with Gasteiger partial charge in [0.2, 0.25) is 0 Å². The minimum Gasteiger partial charge on any atom is -0.396 e. The first-order chi connectivity index (χ1) is 10.3. The molecule has 1 fully saturated rings. The van der Waals surface area contributed by atoms with E-state index in [0.29, 0.717) is 0 Å². The van der Waals surface area contributed by atoms with E-state index in [1.807, 2.05) is 0 Å². The monoisotopic (exact) mass is 313 g/mol. The van der Waals surface area contributed by atoms with E-state index in [9.17, 15) is 30.4 Å². The van der Waals surface area contributed by atoms with Crippen molar-refractivity contribution in [3.8, 4) is 0 Å². The molecule has 0 amide bonds. The van der Waals surface area contributed by atoms with Crippen molar-refractivity contribution in [1.29, 1.82) is 0 Å². The van der Waals surface area contributed by atoms with Crippen LogP contribution in [0.15, 0.2) is 18.2 Å². The van der Waals surface area contributed by atoms with Gasteiger partial charge in [-0.3, -0.25) is 20.2 Å². The van der Waals surface area contributed by atoms with E-state index < -0.39 is 45.4 Å². The van der Waals surface area contributed by atoms with Gasteiger partial charge in [0.05, 0.1) is 28.1 Å². The number of rotatable bonds is 5. The molecule has 2 rings (SSSR count). The Balaban J connectivity index is 2.26. The minimum absolute atomic E-state index is 0.00504. The van der Waals surface area contributed by atoms with Gasteiger partial charge in [-0.25, -0.2) is 0 Å². The summed E-state index contributed by atoms with van der Waals surface area (Å²) >= 11 is 0. The van der Waals surface area contributed by atoms with E-state index in [1.165, 1.54) is 6.07 Å². The summed E-state index contributed by atoms with van der Waals surface area (Å²) in [6.07, 6.45) is -2.13. The zero-order valence-corrected chi connectivity index (χ0v) is 11.3. The van der Waals surface area contributed by atoms with Crippen LogP contribution in [0.5, 0.6) is 0 Å². The molecule has 22 heavy (non-hydrogen) atoms. The third kappa shape index (κ3) is 2.98. The van der Waals surface area contributed by atoms with E-state index in [1.54, 1.807) is 0 Å². The molecule has 0 aliphatic heterocycles. The number of hydrogen-bond acceptors (Lipinski definition) is 8. The number of hydrogen-bond donors (Lipinski definition) is 4. The summed E-state index contributed by atoms with van der Waals surface area (Å²) in [7, 11) is 0. The van der Waals surface area contributed by atoms with Crippen LogP contribution >= 0.6 is 0 Å². The number of nitrogens with zero attached hydrogens (tertiary/aromatic N) is 2. The lowest BCUT2D eigenvalue weighted by Crippen LogP contribution is -2.35. The maximum absolute atomic E-state index is 11.0. The Morgan fingerprint density at radius 3 is 2.36 bits per heavy atom. The summed E-state index contributed by atoms with van der Waals surface area (Å²) in [6, 6.07) is 2.41. The van der Waals surface area contributed by atoms with Crippen LogP contribution in [0, 0.1) is 26.1 Å². The van der Waals surface area contributed by atoms with Crippen LogP contribution < -0.4 is 5.32 Å². The van der Waals surface area contributed by atoms with Gasteiger partial charge >= 0.3 is 0 Å².